The predicted molar refractivity (Wildman–Crippen MR) is 106 cm³/mol. The van der Waals surface area contributed by atoms with Crippen LogP contribution < -0.4 is 5.32 Å². The maximum absolute atomic E-state index is 15.1. The Morgan fingerprint density at radius 1 is 1.21 bits per heavy atom. The van der Waals surface area contributed by atoms with Crippen molar-refractivity contribution in [2.45, 2.75) is 38.5 Å². The van der Waals surface area contributed by atoms with Crippen molar-refractivity contribution in [3.8, 4) is 0 Å². The van der Waals surface area contributed by atoms with Crippen molar-refractivity contribution in [2.75, 3.05) is 13.7 Å². The molecule has 2 N–H and O–H groups in total. The third-order valence-electron chi connectivity index (χ3n) is 6.80. The summed E-state index contributed by atoms with van der Waals surface area (Å²) in [6, 6.07) is -0.00788. The lowest BCUT2D eigenvalue weighted by Crippen LogP contribution is -2.39. The number of aliphatic hydroxyl groups excluding tert-OH is 1. The van der Waals surface area contributed by atoms with Crippen LogP contribution in [0.2, 0.25) is 0 Å². The molecule has 6 atom stereocenters. The Balaban J connectivity index is 1.66. The maximum Gasteiger partial charge on any atom is 0.265 e. The van der Waals surface area contributed by atoms with Gasteiger partial charge in [-0.05, 0) is 28.9 Å². The molecule has 0 amide bonds. The van der Waals surface area contributed by atoms with Gasteiger partial charge in [-0.15, -0.1) is 0 Å². The minimum atomic E-state index is -2.79. The minimum Gasteiger partial charge on any atom is -0.367 e. The number of methoxy groups -OCH3 is 1. The van der Waals surface area contributed by atoms with Crippen LogP contribution in [0.15, 0.2) is 59.8 Å². The molecule has 2 saturated carbocycles. The van der Waals surface area contributed by atoms with E-state index in [-0.39, 0.29) is 17.4 Å². The topological polar surface area (TPSA) is 41.5 Å². The molecule has 6 unspecified atom stereocenters. The maximum atomic E-state index is 15.1. The van der Waals surface area contributed by atoms with Gasteiger partial charge in [-0.25, -0.2) is 8.78 Å². The highest BCUT2D eigenvalue weighted by molar-refractivity contribution is 5.46. The SMILES string of the molecule is COC(O)CNC(C1=CC=CC2C(=C1)C1C=CC=CC1C2(F)F)C1CC1(C)C. The van der Waals surface area contributed by atoms with Gasteiger partial charge in [-0.3, -0.25) is 0 Å². The van der Waals surface area contributed by atoms with Gasteiger partial charge in [0.1, 0.15) is 0 Å². The molecule has 2 fully saturated rings. The second-order valence-electron chi connectivity index (χ2n) is 9.04. The largest absolute Gasteiger partial charge is 0.367 e. The number of aliphatic hydroxyl groups is 1. The van der Waals surface area contributed by atoms with Crippen LogP contribution in [0.25, 0.3) is 0 Å². The fourth-order valence-electron chi connectivity index (χ4n) is 4.95. The third-order valence-corrected chi connectivity index (χ3v) is 6.80. The van der Waals surface area contributed by atoms with E-state index in [9.17, 15) is 5.11 Å². The van der Waals surface area contributed by atoms with Crippen LogP contribution in [0.5, 0.6) is 0 Å². The smallest absolute Gasteiger partial charge is 0.265 e. The monoisotopic (exact) mass is 389 g/mol. The van der Waals surface area contributed by atoms with Gasteiger partial charge in [0.05, 0.1) is 11.8 Å². The molecule has 4 aliphatic carbocycles. The summed E-state index contributed by atoms with van der Waals surface area (Å²) >= 11 is 0. The van der Waals surface area contributed by atoms with E-state index >= 15 is 8.78 Å². The van der Waals surface area contributed by atoms with E-state index < -0.39 is 24.0 Å². The average Bonchev–Trinajstić information content (AvgIpc) is 3.31. The normalized spacial score (nSPS) is 36.1. The Labute approximate surface area is 165 Å². The van der Waals surface area contributed by atoms with Gasteiger partial charge >= 0.3 is 0 Å². The van der Waals surface area contributed by atoms with E-state index in [1.54, 1.807) is 24.3 Å². The molecule has 0 spiro atoms. The molecule has 0 radical (unpaired) electrons. The Hall–Kier alpha value is -1.56. The fourth-order valence-corrected chi connectivity index (χ4v) is 4.95. The Morgan fingerprint density at radius 2 is 1.93 bits per heavy atom. The summed E-state index contributed by atoms with van der Waals surface area (Å²) in [4.78, 5) is 0. The lowest BCUT2D eigenvalue weighted by molar-refractivity contribution is -0.0719. The summed E-state index contributed by atoms with van der Waals surface area (Å²) in [6.07, 6.45) is 14.7. The third kappa shape index (κ3) is 3.34. The highest BCUT2D eigenvalue weighted by Gasteiger charge is 2.58. The summed E-state index contributed by atoms with van der Waals surface area (Å²) in [5, 5.41) is 13.2. The number of nitrogens with one attached hydrogen (secondary N) is 1. The van der Waals surface area contributed by atoms with Crippen LogP contribution in [0.4, 0.5) is 8.78 Å². The molecule has 0 heterocycles. The molecule has 0 aliphatic heterocycles. The molecule has 0 aromatic carbocycles. The molecule has 3 nitrogen and oxygen atoms in total. The summed E-state index contributed by atoms with van der Waals surface area (Å²) in [6.45, 7) is 4.74. The van der Waals surface area contributed by atoms with Crippen LogP contribution in [-0.4, -0.2) is 37.0 Å². The molecule has 5 heteroatoms. The molecule has 4 aliphatic rings. The molecule has 0 aromatic rings. The van der Waals surface area contributed by atoms with Gasteiger partial charge < -0.3 is 15.2 Å². The number of halogens is 2. The first-order valence-electron chi connectivity index (χ1n) is 10.0. The number of fused-ring (bicyclic) bond motifs is 3. The number of allylic oxidation sites excluding steroid dienone is 8. The number of ether oxygens (including phenoxy) is 1. The second kappa shape index (κ2) is 7.05. The number of hydrogen-bond acceptors (Lipinski definition) is 3. The van der Waals surface area contributed by atoms with Gasteiger partial charge in [0, 0.05) is 25.6 Å². The van der Waals surface area contributed by atoms with Crippen LogP contribution >= 0.6 is 0 Å². The zero-order chi connectivity index (χ0) is 20.1. The van der Waals surface area contributed by atoms with E-state index in [1.165, 1.54) is 7.11 Å². The van der Waals surface area contributed by atoms with Gasteiger partial charge in [0.15, 0.2) is 6.29 Å². The first kappa shape index (κ1) is 19.7. The van der Waals surface area contributed by atoms with Gasteiger partial charge in [0.2, 0.25) is 0 Å². The fraction of sp³-hybridized carbons (Fsp3) is 0.565. The lowest BCUT2D eigenvalue weighted by Gasteiger charge is -2.24. The van der Waals surface area contributed by atoms with Crippen molar-refractivity contribution in [1.29, 1.82) is 0 Å². The van der Waals surface area contributed by atoms with Gasteiger partial charge in [0.25, 0.3) is 5.92 Å². The van der Waals surface area contributed by atoms with Crippen molar-refractivity contribution in [3.63, 3.8) is 0 Å². The highest BCUT2D eigenvalue weighted by atomic mass is 19.3. The lowest BCUT2D eigenvalue weighted by atomic mass is 9.86. The van der Waals surface area contributed by atoms with Crippen molar-refractivity contribution >= 4 is 0 Å². The quantitative estimate of drug-likeness (QED) is 0.675. The first-order chi connectivity index (χ1) is 13.3. The van der Waals surface area contributed by atoms with E-state index in [0.717, 1.165) is 17.6 Å². The molecule has 0 bridgehead atoms. The van der Waals surface area contributed by atoms with Crippen molar-refractivity contribution in [2.24, 2.45) is 29.1 Å². The number of rotatable bonds is 6. The van der Waals surface area contributed by atoms with Crippen LogP contribution in [0, 0.1) is 29.1 Å². The standard InChI is InChI=1S/C23H29F2NO2/c1-22(2)12-19(22)21(26-13-20(27)28-3)14-7-6-10-18-16(11-14)15-8-4-5-9-17(15)23(18,24)25/h4-11,15,17-21,26-27H,12-13H2,1-3H3. The number of hydrogen-bond donors (Lipinski definition) is 2. The van der Waals surface area contributed by atoms with E-state index in [4.69, 9.17) is 4.74 Å². The molecular formula is C23H29F2NO2. The van der Waals surface area contributed by atoms with Crippen LogP contribution in [0.1, 0.15) is 20.3 Å². The molecule has 28 heavy (non-hydrogen) atoms. The van der Waals surface area contributed by atoms with E-state index in [1.807, 2.05) is 24.3 Å². The Kier molecular flexibility index (Phi) is 4.97. The Morgan fingerprint density at radius 3 is 2.61 bits per heavy atom. The van der Waals surface area contributed by atoms with Crippen molar-refractivity contribution in [3.05, 3.63) is 59.8 Å². The van der Waals surface area contributed by atoms with Crippen LogP contribution in [-0.2, 0) is 4.74 Å². The van der Waals surface area contributed by atoms with Crippen molar-refractivity contribution in [1.82, 2.24) is 5.32 Å². The summed E-state index contributed by atoms with van der Waals surface area (Å²) in [5.41, 5.74) is 1.99. The van der Waals surface area contributed by atoms with Gasteiger partial charge in [-0.1, -0.05) is 62.5 Å². The summed E-state index contributed by atoms with van der Waals surface area (Å²) in [7, 11) is 1.46. The minimum absolute atomic E-state index is 0.00788. The molecular weight excluding hydrogens is 360 g/mol. The zero-order valence-corrected chi connectivity index (χ0v) is 16.6. The van der Waals surface area contributed by atoms with Crippen LogP contribution in [0.3, 0.4) is 0 Å². The highest BCUT2D eigenvalue weighted by Crippen LogP contribution is 2.57. The van der Waals surface area contributed by atoms with E-state index in [0.29, 0.717) is 12.5 Å². The molecule has 4 rings (SSSR count). The first-order valence-corrected chi connectivity index (χ1v) is 10.0. The average molecular weight is 389 g/mol. The molecule has 0 saturated heterocycles. The summed E-state index contributed by atoms with van der Waals surface area (Å²) in [5.74, 6) is -4.32. The van der Waals surface area contributed by atoms with E-state index in [2.05, 4.69) is 19.2 Å². The predicted octanol–water partition coefficient (Wildman–Crippen LogP) is 4.00. The van der Waals surface area contributed by atoms with Crippen molar-refractivity contribution < 1.29 is 18.6 Å². The Bertz CT molecular complexity index is 777. The van der Waals surface area contributed by atoms with Gasteiger partial charge in [-0.2, -0.15) is 0 Å². The zero-order valence-electron chi connectivity index (χ0n) is 16.6. The number of alkyl halides is 2. The molecule has 152 valence electrons. The second-order valence-corrected chi connectivity index (χ2v) is 9.04. The molecule has 0 aromatic heterocycles. The summed E-state index contributed by atoms with van der Waals surface area (Å²) < 4.78 is 35.1.